The average molecular weight is 307 g/mol. The van der Waals surface area contributed by atoms with E-state index in [2.05, 4.69) is 16.5 Å². The third-order valence-corrected chi connectivity index (χ3v) is 2.93. The summed E-state index contributed by atoms with van der Waals surface area (Å²) in [6, 6.07) is 7.72. The van der Waals surface area contributed by atoms with Crippen LogP contribution in [0.5, 0.6) is 0 Å². The minimum Gasteiger partial charge on any atom is -0.486 e. The van der Waals surface area contributed by atoms with E-state index in [0.717, 1.165) is 11.0 Å². The molecule has 110 valence electrons. The molecular weight excluding hydrogens is 291 g/mol. The first kappa shape index (κ1) is 15.3. The van der Waals surface area contributed by atoms with Crippen molar-refractivity contribution in [3.05, 3.63) is 66.2 Å². The van der Waals surface area contributed by atoms with Crippen molar-refractivity contribution in [1.82, 2.24) is 9.97 Å². The number of nitrogens with one attached hydrogen (secondary N) is 1. The Kier molecular flexibility index (Phi) is 5.58. The molecule has 0 fully saturated rings. The van der Waals surface area contributed by atoms with E-state index in [0.29, 0.717) is 23.0 Å². The normalized spacial score (nSPS) is 12.2. The molecule has 0 aliphatic rings. The molecule has 1 N–H and O–H groups in total. The molecular formula is C16H16ClFN2O. The topological polar surface area (TPSA) is 37.9 Å². The van der Waals surface area contributed by atoms with E-state index in [-0.39, 0.29) is 6.61 Å². The molecule has 0 saturated heterocycles. The first-order chi connectivity index (χ1) is 10.2. The van der Waals surface area contributed by atoms with Gasteiger partial charge in [-0.15, -0.1) is 11.6 Å². The second-order valence-corrected chi connectivity index (χ2v) is 4.67. The minimum absolute atomic E-state index is 0.253. The van der Waals surface area contributed by atoms with Gasteiger partial charge in [-0.05, 0) is 23.8 Å². The van der Waals surface area contributed by atoms with Crippen molar-refractivity contribution >= 4 is 22.6 Å². The van der Waals surface area contributed by atoms with E-state index in [1.165, 1.54) is 0 Å². The Balaban J connectivity index is 1.97. The molecule has 0 atom stereocenters. The Morgan fingerprint density at radius 2 is 2.24 bits per heavy atom. The molecule has 0 aliphatic heterocycles. The third kappa shape index (κ3) is 4.46. The number of aromatic nitrogens is 2. The van der Waals surface area contributed by atoms with Crippen LogP contribution < -0.4 is 0 Å². The van der Waals surface area contributed by atoms with Crippen LogP contribution in [0.15, 0.2) is 60.4 Å². The average Bonchev–Trinajstić information content (AvgIpc) is 2.92. The predicted octanol–water partition coefficient (Wildman–Crippen LogP) is 4.28. The van der Waals surface area contributed by atoms with Crippen LogP contribution in [0.2, 0.25) is 0 Å². The van der Waals surface area contributed by atoms with Gasteiger partial charge in [0.25, 0.3) is 0 Å². The minimum atomic E-state index is -0.597. The molecule has 3 nitrogen and oxygen atoms in total. The summed E-state index contributed by atoms with van der Waals surface area (Å²) in [4.78, 5) is 7.53. The molecule has 1 aromatic carbocycles. The number of alkyl halides is 2. The summed E-state index contributed by atoms with van der Waals surface area (Å²) < 4.78 is 18.2. The van der Waals surface area contributed by atoms with Crippen molar-refractivity contribution in [3.63, 3.8) is 0 Å². The fraction of sp³-hybridized carbons (Fsp3) is 0.188. The van der Waals surface area contributed by atoms with Gasteiger partial charge in [0, 0.05) is 5.88 Å². The van der Waals surface area contributed by atoms with E-state index in [1.807, 2.05) is 24.3 Å². The zero-order valence-corrected chi connectivity index (χ0v) is 12.2. The maximum Gasteiger partial charge on any atom is 0.146 e. The highest BCUT2D eigenvalue weighted by Crippen LogP contribution is 2.13. The van der Waals surface area contributed by atoms with Crippen LogP contribution in [0.1, 0.15) is 5.82 Å². The van der Waals surface area contributed by atoms with Crippen molar-refractivity contribution in [1.29, 1.82) is 0 Å². The van der Waals surface area contributed by atoms with Gasteiger partial charge >= 0.3 is 0 Å². The monoisotopic (exact) mass is 306 g/mol. The zero-order chi connectivity index (χ0) is 15.1. The number of nitrogens with zero attached hydrogens (tertiary/aromatic N) is 1. The van der Waals surface area contributed by atoms with Crippen LogP contribution in [0.3, 0.4) is 0 Å². The Hall–Kier alpha value is -2.07. The fourth-order valence-corrected chi connectivity index (χ4v) is 1.90. The van der Waals surface area contributed by atoms with Gasteiger partial charge < -0.3 is 9.72 Å². The van der Waals surface area contributed by atoms with Gasteiger partial charge in [0.05, 0.1) is 11.0 Å². The molecule has 0 radical (unpaired) electrons. The molecule has 0 amide bonds. The van der Waals surface area contributed by atoms with Crippen LogP contribution in [0.4, 0.5) is 4.39 Å². The van der Waals surface area contributed by atoms with Crippen molar-refractivity contribution in [2.45, 2.75) is 6.61 Å². The number of hydrogen-bond donors (Lipinski definition) is 1. The summed E-state index contributed by atoms with van der Waals surface area (Å²) >= 11 is 5.52. The number of H-pyrrole nitrogens is 1. The first-order valence-electron chi connectivity index (χ1n) is 6.47. The van der Waals surface area contributed by atoms with Crippen molar-refractivity contribution in [2.24, 2.45) is 0 Å². The molecule has 5 heteroatoms. The van der Waals surface area contributed by atoms with Crippen LogP contribution in [0.25, 0.3) is 11.0 Å². The van der Waals surface area contributed by atoms with E-state index in [9.17, 15) is 4.39 Å². The number of ether oxygens (including phenoxy) is 1. The molecule has 1 heterocycles. The number of benzene rings is 1. The maximum absolute atomic E-state index is 12.8. The third-order valence-electron chi connectivity index (χ3n) is 2.75. The summed E-state index contributed by atoms with van der Waals surface area (Å²) in [6.07, 6.45) is 4.83. The van der Waals surface area contributed by atoms with Gasteiger partial charge in [-0.25, -0.2) is 9.37 Å². The quantitative estimate of drug-likeness (QED) is 0.471. The lowest BCUT2D eigenvalue weighted by Gasteiger charge is -2.04. The Labute approximate surface area is 127 Å². The highest BCUT2D eigenvalue weighted by molar-refractivity contribution is 6.18. The van der Waals surface area contributed by atoms with Gasteiger partial charge in [0.15, 0.2) is 0 Å². The fourth-order valence-electron chi connectivity index (χ4n) is 1.81. The smallest absolute Gasteiger partial charge is 0.146 e. The lowest BCUT2D eigenvalue weighted by atomic mass is 10.2. The highest BCUT2D eigenvalue weighted by atomic mass is 35.5. The summed E-state index contributed by atoms with van der Waals surface area (Å²) in [5, 5.41) is 0. The molecule has 2 rings (SSSR count). The van der Waals surface area contributed by atoms with Crippen molar-refractivity contribution in [2.75, 3.05) is 12.6 Å². The molecule has 0 saturated carbocycles. The largest absolute Gasteiger partial charge is 0.486 e. The SMILES string of the molecule is C=C(/C=C(\C=C/CCl)CF)OCc1nc2ccccc2[nH]1. The number of aromatic amines is 1. The number of para-hydroxylation sites is 2. The summed E-state index contributed by atoms with van der Waals surface area (Å²) in [7, 11) is 0. The van der Waals surface area contributed by atoms with Crippen LogP contribution in [0, 0.1) is 0 Å². The van der Waals surface area contributed by atoms with E-state index in [1.54, 1.807) is 18.2 Å². The molecule has 0 bridgehead atoms. The zero-order valence-electron chi connectivity index (χ0n) is 11.5. The summed E-state index contributed by atoms with van der Waals surface area (Å²) in [5.74, 6) is 1.41. The van der Waals surface area contributed by atoms with Crippen LogP contribution in [-0.4, -0.2) is 22.5 Å². The number of fused-ring (bicyclic) bond motifs is 1. The number of hydrogen-bond acceptors (Lipinski definition) is 2. The predicted molar refractivity (Wildman–Crippen MR) is 83.9 cm³/mol. The number of halogens is 2. The van der Waals surface area contributed by atoms with Gasteiger partial charge in [-0.2, -0.15) is 0 Å². The van der Waals surface area contributed by atoms with E-state index >= 15 is 0 Å². The Morgan fingerprint density at radius 3 is 2.95 bits per heavy atom. The lowest BCUT2D eigenvalue weighted by Crippen LogP contribution is -1.94. The first-order valence-corrected chi connectivity index (χ1v) is 7.00. The van der Waals surface area contributed by atoms with Gasteiger partial charge in [-0.1, -0.05) is 30.9 Å². The maximum atomic E-state index is 12.8. The second kappa shape index (κ2) is 7.64. The van der Waals surface area contributed by atoms with E-state index < -0.39 is 6.67 Å². The summed E-state index contributed by atoms with van der Waals surface area (Å²) in [5.41, 5.74) is 2.30. The lowest BCUT2D eigenvalue weighted by molar-refractivity contribution is 0.205. The molecule has 0 unspecified atom stereocenters. The second-order valence-electron chi connectivity index (χ2n) is 4.37. The number of allylic oxidation sites excluding steroid dienone is 4. The molecule has 1 aromatic heterocycles. The molecule has 21 heavy (non-hydrogen) atoms. The number of rotatable bonds is 7. The molecule has 0 spiro atoms. The standard InChI is InChI=1S/C16H16ClFN2O/c1-12(9-13(10-18)5-4-8-17)21-11-16-19-14-6-2-3-7-15(14)20-16/h2-7,9H,1,8,10-11H2,(H,19,20)/b5-4-,13-9+. The molecule has 2 aromatic rings. The van der Waals surface area contributed by atoms with Gasteiger partial charge in [0.2, 0.25) is 0 Å². The Bertz CT molecular complexity index is 643. The van der Waals surface area contributed by atoms with Gasteiger partial charge in [0.1, 0.15) is 24.9 Å². The number of imidazole rings is 1. The summed E-state index contributed by atoms with van der Waals surface area (Å²) in [6.45, 7) is 3.40. The Morgan fingerprint density at radius 1 is 1.43 bits per heavy atom. The van der Waals surface area contributed by atoms with E-state index in [4.69, 9.17) is 16.3 Å². The molecule has 0 aliphatic carbocycles. The van der Waals surface area contributed by atoms with Crippen LogP contribution >= 0.6 is 11.6 Å². The highest BCUT2D eigenvalue weighted by Gasteiger charge is 2.03. The van der Waals surface area contributed by atoms with Gasteiger partial charge in [-0.3, -0.25) is 0 Å². The van der Waals surface area contributed by atoms with Crippen LogP contribution in [-0.2, 0) is 11.3 Å². The van der Waals surface area contributed by atoms with Crippen molar-refractivity contribution in [3.8, 4) is 0 Å². The van der Waals surface area contributed by atoms with Crippen molar-refractivity contribution < 1.29 is 9.13 Å².